The van der Waals surface area contributed by atoms with Gasteiger partial charge in [0, 0.05) is 18.1 Å². The molecule has 0 radical (unpaired) electrons. The molecule has 0 aliphatic carbocycles. The van der Waals surface area contributed by atoms with E-state index >= 15 is 0 Å². The summed E-state index contributed by atoms with van der Waals surface area (Å²) in [5.41, 5.74) is 0.384. The first-order chi connectivity index (χ1) is 7.71. The van der Waals surface area contributed by atoms with Gasteiger partial charge in [-0.25, -0.2) is 0 Å². The van der Waals surface area contributed by atoms with Gasteiger partial charge in [0.25, 0.3) is 0 Å². The summed E-state index contributed by atoms with van der Waals surface area (Å²) in [4.78, 5) is 2.56. The maximum atomic E-state index is 6.00. The molecule has 0 aromatic heterocycles. The first kappa shape index (κ1) is 13.3. The summed E-state index contributed by atoms with van der Waals surface area (Å²) in [6.45, 7) is 16.2. The molecule has 0 saturated carbocycles. The number of hydrogen-bond donors (Lipinski definition) is 0. The first-order valence-electron chi connectivity index (χ1n) is 6.71. The molecule has 3 unspecified atom stereocenters. The van der Waals surface area contributed by atoms with Gasteiger partial charge >= 0.3 is 0 Å². The third-order valence-corrected chi connectivity index (χ3v) is 3.86. The van der Waals surface area contributed by atoms with Crippen molar-refractivity contribution in [3.8, 4) is 0 Å². The minimum Gasteiger partial charge on any atom is -0.372 e. The summed E-state index contributed by atoms with van der Waals surface area (Å²) in [5, 5.41) is 0. The summed E-state index contributed by atoms with van der Waals surface area (Å²) < 4.78 is 11.9. The van der Waals surface area contributed by atoms with E-state index in [1.807, 2.05) is 0 Å². The normalized spacial score (nSPS) is 36.0. The summed E-state index contributed by atoms with van der Waals surface area (Å²) in [6.07, 6.45) is 0.496. The zero-order valence-corrected chi connectivity index (χ0v) is 12.1. The fourth-order valence-electron chi connectivity index (χ4n) is 3.17. The molecule has 2 heterocycles. The molecule has 0 aromatic carbocycles. The second kappa shape index (κ2) is 4.22. The molecule has 3 atom stereocenters. The molecule has 100 valence electrons. The van der Waals surface area contributed by atoms with Gasteiger partial charge in [-0.2, -0.15) is 0 Å². The molecule has 0 amide bonds. The van der Waals surface area contributed by atoms with Crippen LogP contribution in [0.15, 0.2) is 0 Å². The van der Waals surface area contributed by atoms with Crippen LogP contribution in [0.4, 0.5) is 0 Å². The molecule has 0 aromatic rings. The fourth-order valence-corrected chi connectivity index (χ4v) is 3.17. The van der Waals surface area contributed by atoms with Crippen LogP contribution in [-0.4, -0.2) is 48.4 Å². The van der Waals surface area contributed by atoms with E-state index in [0.29, 0.717) is 6.04 Å². The van der Waals surface area contributed by atoms with Crippen molar-refractivity contribution in [2.75, 3.05) is 19.8 Å². The standard InChI is InChI=1S/C14H27NO2/c1-13(2,3)12-11-10(16-7-8-17-11)9-15(12)14(4,5)6/h10-12H,7-9H2,1-6H3. The number of hydrogen-bond acceptors (Lipinski definition) is 3. The summed E-state index contributed by atoms with van der Waals surface area (Å²) >= 11 is 0. The van der Waals surface area contributed by atoms with E-state index < -0.39 is 0 Å². The van der Waals surface area contributed by atoms with Gasteiger partial charge in [0.2, 0.25) is 0 Å². The van der Waals surface area contributed by atoms with Crippen LogP contribution in [0.1, 0.15) is 41.5 Å². The Hall–Kier alpha value is -0.120. The van der Waals surface area contributed by atoms with E-state index in [9.17, 15) is 0 Å². The molecule has 2 rings (SSSR count). The SMILES string of the molecule is CC(C)(C)C1C2OCCOC2CN1C(C)(C)C. The Morgan fingerprint density at radius 2 is 1.53 bits per heavy atom. The molecule has 2 aliphatic rings. The van der Waals surface area contributed by atoms with Crippen LogP contribution < -0.4 is 0 Å². The second-order valence-corrected chi connectivity index (χ2v) is 7.38. The van der Waals surface area contributed by atoms with Gasteiger partial charge in [-0.15, -0.1) is 0 Å². The highest BCUT2D eigenvalue weighted by Gasteiger charge is 2.52. The highest BCUT2D eigenvalue weighted by molar-refractivity contribution is 5.05. The van der Waals surface area contributed by atoms with Gasteiger partial charge in [0.1, 0.15) is 6.10 Å². The van der Waals surface area contributed by atoms with Gasteiger partial charge in [-0.1, -0.05) is 20.8 Å². The number of fused-ring (bicyclic) bond motifs is 1. The lowest BCUT2D eigenvalue weighted by atomic mass is 9.82. The van der Waals surface area contributed by atoms with Gasteiger partial charge in [-0.05, 0) is 26.2 Å². The fraction of sp³-hybridized carbons (Fsp3) is 1.00. The van der Waals surface area contributed by atoms with Crippen LogP contribution in [0, 0.1) is 5.41 Å². The van der Waals surface area contributed by atoms with Crippen LogP contribution in [0.2, 0.25) is 0 Å². The van der Waals surface area contributed by atoms with Gasteiger partial charge in [-0.3, -0.25) is 4.90 Å². The minimum atomic E-state index is 0.169. The van der Waals surface area contributed by atoms with Crippen molar-refractivity contribution < 1.29 is 9.47 Å². The second-order valence-electron chi connectivity index (χ2n) is 7.38. The highest BCUT2D eigenvalue weighted by Crippen LogP contribution is 2.40. The van der Waals surface area contributed by atoms with Crippen molar-refractivity contribution in [2.24, 2.45) is 5.41 Å². The van der Waals surface area contributed by atoms with Crippen molar-refractivity contribution in [3.05, 3.63) is 0 Å². The predicted octanol–water partition coefficient (Wildman–Crippen LogP) is 2.30. The maximum absolute atomic E-state index is 6.00. The van der Waals surface area contributed by atoms with Gasteiger partial charge < -0.3 is 9.47 Å². The molecule has 0 spiro atoms. The topological polar surface area (TPSA) is 21.7 Å². The van der Waals surface area contributed by atoms with Crippen LogP contribution in [0.3, 0.4) is 0 Å². The lowest BCUT2D eigenvalue weighted by molar-refractivity contribution is -0.136. The molecule has 2 aliphatic heterocycles. The van der Waals surface area contributed by atoms with Gasteiger partial charge in [0.05, 0.1) is 19.3 Å². The number of rotatable bonds is 0. The van der Waals surface area contributed by atoms with Crippen molar-refractivity contribution in [2.45, 2.75) is 65.3 Å². The lowest BCUT2D eigenvalue weighted by Gasteiger charge is -2.44. The maximum Gasteiger partial charge on any atom is 0.101 e. The Morgan fingerprint density at radius 3 is 2.06 bits per heavy atom. The van der Waals surface area contributed by atoms with Crippen molar-refractivity contribution in [1.29, 1.82) is 0 Å². The van der Waals surface area contributed by atoms with Crippen molar-refractivity contribution in [3.63, 3.8) is 0 Å². The average molecular weight is 241 g/mol. The predicted molar refractivity (Wildman–Crippen MR) is 69.2 cm³/mol. The average Bonchev–Trinajstić information content (AvgIpc) is 2.54. The molecular weight excluding hydrogens is 214 g/mol. The Kier molecular flexibility index (Phi) is 3.30. The van der Waals surface area contributed by atoms with E-state index in [2.05, 4.69) is 46.4 Å². The van der Waals surface area contributed by atoms with E-state index in [-0.39, 0.29) is 23.2 Å². The monoisotopic (exact) mass is 241 g/mol. The molecule has 3 nitrogen and oxygen atoms in total. The Bertz CT molecular complexity index is 277. The third-order valence-electron chi connectivity index (χ3n) is 3.86. The number of ether oxygens (including phenoxy) is 2. The van der Waals surface area contributed by atoms with Crippen molar-refractivity contribution in [1.82, 2.24) is 4.90 Å². The largest absolute Gasteiger partial charge is 0.372 e. The van der Waals surface area contributed by atoms with E-state index in [0.717, 1.165) is 19.8 Å². The first-order valence-corrected chi connectivity index (χ1v) is 6.71. The Labute approximate surface area is 105 Å². The summed E-state index contributed by atoms with van der Waals surface area (Å²) in [6, 6.07) is 0.438. The molecule has 2 fully saturated rings. The lowest BCUT2D eigenvalue weighted by Crippen LogP contribution is -2.53. The van der Waals surface area contributed by atoms with Crippen molar-refractivity contribution >= 4 is 0 Å². The van der Waals surface area contributed by atoms with E-state index in [1.54, 1.807) is 0 Å². The van der Waals surface area contributed by atoms with Gasteiger partial charge in [0.15, 0.2) is 0 Å². The molecule has 2 saturated heterocycles. The summed E-state index contributed by atoms with van der Waals surface area (Å²) in [5.74, 6) is 0. The zero-order valence-electron chi connectivity index (χ0n) is 12.1. The smallest absolute Gasteiger partial charge is 0.101 e. The summed E-state index contributed by atoms with van der Waals surface area (Å²) in [7, 11) is 0. The quantitative estimate of drug-likeness (QED) is 0.649. The van der Waals surface area contributed by atoms with Crippen LogP contribution in [-0.2, 0) is 9.47 Å². The minimum absolute atomic E-state index is 0.169. The van der Waals surface area contributed by atoms with Crippen LogP contribution in [0.5, 0.6) is 0 Å². The van der Waals surface area contributed by atoms with E-state index in [4.69, 9.17) is 9.47 Å². The zero-order chi connectivity index (χ0) is 12.8. The van der Waals surface area contributed by atoms with Crippen LogP contribution >= 0.6 is 0 Å². The molecule has 0 N–H and O–H groups in total. The molecular formula is C14H27NO2. The third kappa shape index (κ3) is 2.51. The molecule has 3 heteroatoms. The van der Waals surface area contributed by atoms with Crippen LogP contribution in [0.25, 0.3) is 0 Å². The Balaban J connectivity index is 2.27. The highest BCUT2D eigenvalue weighted by atomic mass is 16.6. The number of likely N-dealkylation sites (tertiary alicyclic amines) is 1. The molecule has 0 bridgehead atoms. The number of nitrogens with zero attached hydrogens (tertiary/aromatic N) is 1. The Morgan fingerprint density at radius 1 is 0.941 bits per heavy atom. The van der Waals surface area contributed by atoms with E-state index in [1.165, 1.54) is 0 Å². The molecule has 17 heavy (non-hydrogen) atoms.